The summed E-state index contributed by atoms with van der Waals surface area (Å²) in [5, 5.41) is 12.9. The molecule has 0 radical (unpaired) electrons. The number of esters is 1. The summed E-state index contributed by atoms with van der Waals surface area (Å²) in [6.07, 6.45) is -5.32. The summed E-state index contributed by atoms with van der Waals surface area (Å²) in [6.45, 7) is 5.71. The van der Waals surface area contributed by atoms with Gasteiger partial charge >= 0.3 is 13.7 Å². The van der Waals surface area contributed by atoms with Crippen LogP contribution in [-0.2, 0) is 23.4 Å². The van der Waals surface area contributed by atoms with E-state index in [4.69, 9.17) is 30.7 Å². The second-order valence-corrected chi connectivity index (χ2v) is 10.6. The molecular formula is C22H29FN3O8PS. The first kappa shape index (κ1) is 28.2. The number of hydrogen-bond acceptors (Lipinski definition) is 9. The van der Waals surface area contributed by atoms with Crippen LogP contribution < -0.4 is 15.2 Å². The molecule has 3 N–H and O–H groups in total. The molecule has 1 fully saturated rings. The maximum absolute atomic E-state index is 15.0. The highest BCUT2D eigenvalue weighted by molar-refractivity contribution is 7.71. The molecule has 14 heteroatoms. The van der Waals surface area contributed by atoms with Gasteiger partial charge in [-0.15, -0.1) is 0 Å². The quantitative estimate of drug-likeness (QED) is 0.232. The van der Waals surface area contributed by atoms with Crippen LogP contribution in [0.4, 0.5) is 4.39 Å². The molecule has 1 aliphatic rings. The Morgan fingerprint density at radius 1 is 1.33 bits per heavy atom. The highest BCUT2D eigenvalue weighted by Gasteiger charge is 2.47. The number of para-hydroxylation sites is 1. The molecule has 0 bridgehead atoms. The molecule has 2 aromatic rings. The molecule has 11 nitrogen and oxygen atoms in total. The molecule has 0 amide bonds. The Kier molecular flexibility index (Phi) is 9.20. The molecule has 1 aliphatic heterocycles. The second-order valence-electron chi connectivity index (χ2n) is 8.51. The minimum Gasteiger partial charge on any atom is -0.462 e. The summed E-state index contributed by atoms with van der Waals surface area (Å²) in [4.78, 5) is 26.4. The van der Waals surface area contributed by atoms with Crippen molar-refractivity contribution in [3.8, 4) is 5.75 Å². The van der Waals surface area contributed by atoms with E-state index in [-0.39, 0.29) is 16.1 Å². The zero-order valence-corrected chi connectivity index (χ0v) is 21.8. The third-order valence-electron chi connectivity index (χ3n) is 5.15. The van der Waals surface area contributed by atoms with E-state index in [9.17, 15) is 23.7 Å². The van der Waals surface area contributed by atoms with Crippen LogP contribution in [-0.4, -0.2) is 57.8 Å². The fourth-order valence-electron chi connectivity index (χ4n) is 3.35. The van der Waals surface area contributed by atoms with E-state index in [0.717, 1.165) is 0 Å². The van der Waals surface area contributed by atoms with E-state index in [1.54, 1.807) is 32.0 Å². The Hall–Kier alpha value is -2.41. The average molecular weight is 546 g/mol. The van der Waals surface area contributed by atoms with Gasteiger partial charge in [0.15, 0.2) is 17.2 Å². The highest BCUT2D eigenvalue weighted by atomic mass is 32.1. The van der Waals surface area contributed by atoms with E-state index < -0.39 is 62.6 Å². The lowest BCUT2D eigenvalue weighted by atomic mass is 10.1. The largest absolute Gasteiger partial charge is 0.462 e. The van der Waals surface area contributed by atoms with E-state index in [1.165, 1.54) is 36.7 Å². The van der Waals surface area contributed by atoms with Crippen molar-refractivity contribution >= 4 is 25.9 Å². The lowest BCUT2D eigenvalue weighted by molar-refractivity contribution is -0.149. The van der Waals surface area contributed by atoms with Crippen molar-refractivity contribution in [1.82, 2.24) is 14.6 Å². The molecule has 1 aromatic carbocycles. The third kappa shape index (κ3) is 6.87. The number of rotatable bonds is 10. The smallest absolute Gasteiger partial charge is 0.459 e. The van der Waals surface area contributed by atoms with Crippen molar-refractivity contribution < 1.29 is 37.4 Å². The number of aliphatic hydroxyl groups is 1. The van der Waals surface area contributed by atoms with E-state index >= 15 is 0 Å². The van der Waals surface area contributed by atoms with Gasteiger partial charge in [0, 0.05) is 11.8 Å². The molecule has 0 spiro atoms. The predicted octanol–water partition coefficient (Wildman–Crippen LogP) is 2.94. The summed E-state index contributed by atoms with van der Waals surface area (Å²) in [5.74, 6) is -0.503. The average Bonchev–Trinajstić information content (AvgIpc) is 3.08. The number of benzene rings is 1. The molecule has 3 rings (SSSR count). The van der Waals surface area contributed by atoms with Gasteiger partial charge in [-0.25, -0.2) is 8.96 Å². The Bertz CT molecular complexity index is 1220. The third-order valence-corrected chi connectivity index (χ3v) is 7.11. The van der Waals surface area contributed by atoms with Crippen molar-refractivity contribution in [1.29, 1.82) is 0 Å². The number of aromatic nitrogens is 2. The summed E-state index contributed by atoms with van der Waals surface area (Å²) in [5.41, 5.74) is -0.166. The van der Waals surface area contributed by atoms with Gasteiger partial charge in [0.25, 0.3) is 5.56 Å². The van der Waals surface area contributed by atoms with Crippen molar-refractivity contribution in [2.24, 2.45) is 0 Å². The Balaban J connectivity index is 1.77. The van der Waals surface area contributed by atoms with Gasteiger partial charge in [-0.2, -0.15) is 5.09 Å². The number of H-pyrrole nitrogens is 1. The van der Waals surface area contributed by atoms with Crippen LogP contribution >= 0.6 is 20.0 Å². The van der Waals surface area contributed by atoms with Gasteiger partial charge < -0.3 is 19.1 Å². The summed E-state index contributed by atoms with van der Waals surface area (Å²) < 4.78 is 51.4. The van der Waals surface area contributed by atoms with E-state index in [0.29, 0.717) is 0 Å². The van der Waals surface area contributed by atoms with Gasteiger partial charge in [0.05, 0.1) is 12.7 Å². The number of hydrogen-bond donors (Lipinski definition) is 3. The lowest BCUT2D eigenvalue weighted by Crippen LogP contribution is -2.37. The number of carbonyl (C=O) groups excluding carboxylic acids is 1. The van der Waals surface area contributed by atoms with Gasteiger partial charge in [-0.05, 0) is 52.0 Å². The van der Waals surface area contributed by atoms with Gasteiger partial charge in [-0.1, -0.05) is 18.2 Å². The van der Waals surface area contributed by atoms with Crippen LogP contribution in [0.1, 0.15) is 32.6 Å². The molecular weight excluding hydrogens is 516 g/mol. The van der Waals surface area contributed by atoms with Crippen molar-refractivity contribution in [3.63, 3.8) is 0 Å². The molecule has 1 aromatic heterocycles. The molecule has 6 atom stereocenters. The minimum atomic E-state index is -4.25. The number of halogens is 1. The Morgan fingerprint density at radius 3 is 2.64 bits per heavy atom. The number of aliphatic hydroxyl groups excluding tert-OH is 1. The first-order valence-corrected chi connectivity index (χ1v) is 13.1. The molecule has 2 heterocycles. The fraction of sp³-hybridized carbons (Fsp3) is 0.500. The maximum atomic E-state index is 15.0. The van der Waals surface area contributed by atoms with Gasteiger partial charge in [0.1, 0.15) is 24.0 Å². The van der Waals surface area contributed by atoms with Crippen molar-refractivity contribution in [2.75, 3.05) is 6.61 Å². The number of alkyl halides is 1. The van der Waals surface area contributed by atoms with Crippen molar-refractivity contribution in [3.05, 3.63) is 57.2 Å². The Labute approximate surface area is 212 Å². The van der Waals surface area contributed by atoms with Crippen molar-refractivity contribution in [2.45, 2.75) is 64.4 Å². The number of aromatic amines is 1. The van der Waals surface area contributed by atoms with E-state index in [2.05, 4.69) is 10.1 Å². The number of nitrogens with zero attached hydrogens (tertiary/aromatic N) is 1. The standard InChI is InChI=1S/C22H29FN3O8PS/c1-12(2)32-21(29)14(4)25-35(30,34-15-8-6-5-7-9-15)31-11-16-18(27)17(23)20(33-16)26-10-13(3)19(28)24-22(26)36/h5-10,12,14,16-18,20,27H,11H2,1-4H3,(H,25,30)(H,24,28,36)/t14-,16-,17?,18+,20-,35-/m0/s1. The fourth-order valence-corrected chi connectivity index (χ4v) is 5.10. The number of aryl methyl sites for hydroxylation is 1. The highest BCUT2D eigenvalue weighted by Crippen LogP contribution is 2.46. The molecule has 1 unspecified atom stereocenters. The van der Waals surface area contributed by atoms with E-state index in [1.807, 2.05) is 0 Å². The molecule has 36 heavy (non-hydrogen) atoms. The summed E-state index contributed by atoms with van der Waals surface area (Å²) in [7, 11) is -4.25. The Morgan fingerprint density at radius 2 is 2.00 bits per heavy atom. The maximum Gasteiger partial charge on any atom is 0.459 e. The zero-order valence-electron chi connectivity index (χ0n) is 20.1. The van der Waals surface area contributed by atoms with Gasteiger partial charge in [0.2, 0.25) is 0 Å². The summed E-state index contributed by atoms with van der Waals surface area (Å²) >= 11 is 5.09. The first-order valence-electron chi connectivity index (χ1n) is 11.2. The second kappa shape index (κ2) is 11.8. The van der Waals surface area contributed by atoms with Crippen LogP contribution in [0.5, 0.6) is 5.75 Å². The molecule has 0 saturated carbocycles. The summed E-state index contributed by atoms with van der Waals surface area (Å²) in [6, 6.07) is 7.00. The molecule has 1 saturated heterocycles. The lowest BCUT2D eigenvalue weighted by Gasteiger charge is -2.25. The van der Waals surface area contributed by atoms with Crippen LogP contribution in [0.15, 0.2) is 41.3 Å². The number of carbonyl (C=O) groups is 1. The number of ether oxygens (including phenoxy) is 2. The van der Waals surface area contributed by atoms with Gasteiger partial charge in [-0.3, -0.25) is 23.7 Å². The topological polar surface area (TPSA) is 141 Å². The molecule has 0 aliphatic carbocycles. The SMILES string of the molecule is Cc1cn([C@H]2O[C@@H](CO[P@@](=O)(N[C@@H](C)C(=O)OC(C)C)Oc3ccccc3)[C@@H](O)C2F)c(=S)[nH]c1=O. The number of nitrogens with one attached hydrogen (secondary N) is 2. The first-order chi connectivity index (χ1) is 16.9. The zero-order chi connectivity index (χ0) is 26.6. The van der Waals surface area contributed by atoms with Crippen LogP contribution in [0, 0.1) is 11.7 Å². The molecule has 198 valence electrons. The predicted molar refractivity (Wildman–Crippen MR) is 130 cm³/mol. The normalized spacial score (nSPS) is 24.3. The monoisotopic (exact) mass is 545 g/mol. The van der Waals surface area contributed by atoms with Crippen LogP contribution in [0.2, 0.25) is 0 Å². The minimum absolute atomic E-state index is 0.0933. The van der Waals surface area contributed by atoms with Crippen LogP contribution in [0.25, 0.3) is 0 Å². The van der Waals surface area contributed by atoms with Crippen LogP contribution in [0.3, 0.4) is 0 Å².